The first-order valence-corrected chi connectivity index (χ1v) is 9.93. The number of aromatic nitrogens is 2. The van der Waals surface area contributed by atoms with E-state index in [1.54, 1.807) is 6.33 Å². The molecule has 0 spiro atoms. The second-order valence-corrected chi connectivity index (χ2v) is 7.37. The molecule has 146 valence electrons. The lowest BCUT2D eigenvalue weighted by Gasteiger charge is -2.15. The molecule has 0 fully saturated rings. The minimum Gasteiger partial charge on any atom is -0.457 e. The summed E-state index contributed by atoms with van der Waals surface area (Å²) in [6.45, 7) is 4.21. The summed E-state index contributed by atoms with van der Waals surface area (Å²) in [6, 6.07) is 26.3. The largest absolute Gasteiger partial charge is 0.457 e. The van der Waals surface area contributed by atoms with Gasteiger partial charge in [0.05, 0.1) is 5.52 Å². The zero-order valence-electron chi connectivity index (χ0n) is 16.9. The minimum atomic E-state index is 0.796. The van der Waals surface area contributed by atoms with Crippen molar-refractivity contribution in [1.29, 1.82) is 0 Å². The minimum absolute atomic E-state index is 0.796. The number of nitrogens with zero attached hydrogens (tertiary/aromatic N) is 2. The topological polar surface area (TPSA) is 47.0 Å². The monoisotopic (exact) mass is 391 g/mol. The lowest BCUT2D eigenvalue weighted by Crippen LogP contribution is -1.98. The van der Waals surface area contributed by atoms with Gasteiger partial charge in [-0.3, -0.25) is 0 Å². The summed E-state index contributed by atoms with van der Waals surface area (Å²) in [5.74, 6) is 2.43. The highest BCUT2D eigenvalue weighted by Crippen LogP contribution is 2.36. The Morgan fingerprint density at radius 2 is 1.43 bits per heavy atom. The summed E-state index contributed by atoms with van der Waals surface area (Å²) in [5, 5.41) is 6.64. The van der Waals surface area contributed by atoms with Crippen molar-refractivity contribution >= 4 is 33.2 Å². The van der Waals surface area contributed by atoms with Crippen LogP contribution in [0.1, 0.15) is 11.1 Å². The maximum absolute atomic E-state index is 6.14. The van der Waals surface area contributed by atoms with E-state index >= 15 is 0 Å². The van der Waals surface area contributed by atoms with E-state index < -0.39 is 0 Å². The third kappa shape index (κ3) is 3.33. The van der Waals surface area contributed by atoms with Crippen molar-refractivity contribution in [3.05, 3.63) is 96.3 Å². The molecule has 4 aromatic carbocycles. The van der Waals surface area contributed by atoms with E-state index in [9.17, 15) is 0 Å². The van der Waals surface area contributed by atoms with Gasteiger partial charge in [-0.1, -0.05) is 42.5 Å². The van der Waals surface area contributed by atoms with Gasteiger partial charge in [-0.15, -0.1) is 0 Å². The van der Waals surface area contributed by atoms with Crippen molar-refractivity contribution in [2.24, 2.45) is 0 Å². The molecule has 5 aromatic rings. The van der Waals surface area contributed by atoms with E-state index in [1.807, 2.05) is 54.6 Å². The van der Waals surface area contributed by atoms with Crippen molar-refractivity contribution in [1.82, 2.24) is 9.97 Å². The standard InChI is InChI=1S/C26H21N3O/c1-17-14-22-24(15-18(17)2)27-16-28-26(22)29-23-12-13-25(21-11-7-6-10-20(21)23)30-19-8-4-3-5-9-19/h3-16H,1-2H3,(H,27,28,29). The van der Waals surface area contributed by atoms with E-state index in [4.69, 9.17) is 4.74 Å². The molecular weight excluding hydrogens is 370 g/mol. The van der Waals surface area contributed by atoms with Crippen LogP contribution in [0, 0.1) is 13.8 Å². The molecule has 0 atom stereocenters. The number of para-hydroxylation sites is 1. The van der Waals surface area contributed by atoms with Gasteiger partial charge in [0.1, 0.15) is 23.6 Å². The molecule has 0 unspecified atom stereocenters. The highest BCUT2D eigenvalue weighted by molar-refractivity contribution is 6.01. The van der Waals surface area contributed by atoms with E-state index in [-0.39, 0.29) is 0 Å². The SMILES string of the molecule is Cc1cc2ncnc(Nc3ccc(Oc4ccccc4)c4ccccc34)c2cc1C. The van der Waals surface area contributed by atoms with Crippen LogP contribution in [0.3, 0.4) is 0 Å². The van der Waals surface area contributed by atoms with Gasteiger partial charge in [-0.05, 0) is 61.4 Å². The van der Waals surface area contributed by atoms with Crippen LogP contribution in [0.15, 0.2) is 85.2 Å². The second-order valence-electron chi connectivity index (χ2n) is 7.37. The zero-order chi connectivity index (χ0) is 20.5. The predicted molar refractivity (Wildman–Crippen MR) is 123 cm³/mol. The van der Waals surface area contributed by atoms with Gasteiger partial charge >= 0.3 is 0 Å². The third-order valence-electron chi connectivity index (χ3n) is 5.36. The van der Waals surface area contributed by atoms with Gasteiger partial charge < -0.3 is 10.1 Å². The molecule has 0 amide bonds. The van der Waals surface area contributed by atoms with Crippen LogP contribution in [0.25, 0.3) is 21.7 Å². The fourth-order valence-electron chi connectivity index (χ4n) is 3.63. The number of aryl methyl sites for hydroxylation is 2. The molecule has 0 bridgehead atoms. The summed E-state index contributed by atoms with van der Waals surface area (Å²) < 4.78 is 6.14. The molecule has 0 aliphatic carbocycles. The zero-order valence-corrected chi connectivity index (χ0v) is 16.9. The van der Waals surface area contributed by atoms with Crippen LogP contribution in [-0.2, 0) is 0 Å². The van der Waals surface area contributed by atoms with Crippen molar-refractivity contribution in [2.75, 3.05) is 5.32 Å². The van der Waals surface area contributed by atoms with Gasteiger partial charge in [0.25, 0.3) is 0 Å². The van der Waals surface area contributed by atoms with Crippen LogP contribution in [0.2, 0.25) is 0 Å². The van der Waals surface area contributed by atoms with E-state index in [0.29, 0.717) is 0 Å². The Hall–Kier alpha value is -3.92. The first-order chi connectivity index (χ1) is 14.7. The number of ether oxygens (including phenoxy) is 1. The smallest absolute Gasteiger partial charge is 0.141 e. The highest BCUT2D eigenvalue weighted by Gasteiger charge is 2.11. The Morgan fingerprint density at radius 1 is 0.700 bits per heavy atom. The number of fused-ring (bicyclic) bond motifs is 2. The Labute approximate surface area is 175 Å². The molecule has 5 rings (SSSR count). The summed E-state index contributed by atoms with van der Waals surface area (Å²) in [4.78, 5) is 8.95. The first-order valence-electron chi connectivity index (χ1n) is 9.93. The van der Waals surface area contributed by atoms with Crippen molar-refractivity contribution in [2.45, 2.75) is 13.8 Å². The number of anilines is 2. The van der Waals surface area contributed by atoms with Gasteiger partial charge in [0, 0.05) is 21.8 Å². The molecule has 30 heavy (non-hydrogen) atoms. The molecule has 1 aromatic heterocycles. The average molecular weight is 391 g/mol. The molecule has 4 heteroatoms. The first kappa shape index (κ1) is 18.1. The van der Waals surface area contributed by atoms with Crippen molar-refractivity contribution in [3.63, 3.8) is 0 Å². The molecule has 0 aliphatic heterocycles. The molecule has 4 nitrogen and oxygen atoms in total. The quantitative estimate of drug-likeness (QED) is 0.361. The molecule has 0 radical (unpaired) electrons. The van der Waals surface area contributed by atoms with Crippen LogP contribution >= 0.6 is 0 Å². The predicted octanol–water partition coefficient (Wildman–Crippen LogP) is 6.94. The fourth-order valence-corrected chi connectivity index (χ4v) is 3.63. The summed E-state index contributed by atoms with van der Waals surface area (Å²) in [6.07, 6.45) is 1.61. The van der Waals surface area contributed by atoms with Crippen LogP contribution in [0.4, 0.5) is 11.5 Å². The Morgan fingerprint density at radius 3 is 2.27 bits per heavy atom. The Bertz CT molecular complexity index is 1360. The summed E-state index contributed by atoms with van der Waals surface area (Å²) in [7, 11) is 0. The Kier molecular flexibility index (Phi) is 4.52. The number of rotatable bonds is 4. The van der Waals surface area contributed by atoms with Crippen LogP contribution in [0.5, 0.6) is 11.5 Å². The Balaban J connectivity index is 1.59. The third-order valence-corrected chi connectivity index (χ3v) is 5.36. The van der Waals surface area contributed by atoms with Gasteiger partial charge in [0.2, 0.25) is 0 Å². The van der Waals surface area contributed by atoms with Crippen molar-refractivity contribution < 1.29 is 4.74 Å². The maximum Gasteiger partial charge on any atom is 0.141 e. The van der Waals surface area contributed by atoms with Crippen LogP contribution < -0.4 is 10.1 Å². The second kappa shape index (κ2) is 7.48. The maximum atomic E-state index is 6.14. The summed E-state index contributed by atoms with van der Waals surface area (Å²) in [5.41, 5.74) is 4.35. The van der Waals surface area contributed by atoms with E-state index in [2.05, 4.69) is 53.4 Å². The lowest BCUT2D eigenvalue weighted by atomic mass is 10.1. The van der Waals surface area contributed by atoms with Crippen LogP contribution in [-0.4, -0.2) is 9.97 Å². The molecule has 0 aliphatic rings. The van der Waals surface area contributed by atoms with Gasteiger partial charge in [-0.25, -0.2) is 9.97 Å². The number of hydrogen-bond acceptors (Lipinski definition) is 4. The molecule has 1 heterocycles. The highest BCUT2D eigenvalue weighted by atomic mass is 16.5. The van der Waals surface area contributed by atoms with Gasteiger partial charge in [0.15, 0.2) is 0 Å². The van der Waals surface area contributed by atoms with E-state index in [0.717, 1.165) is 44.7 Å². The number of benzene rings is 4. The molecule has 1 N–H and O–H groups in total. The normalized spacial score (nSPS) is 11.0. The lowest BCUT2D eigenvalue weighted by molar-refractivity contribution is 0.488. The van der Waals surface area contributed by atoms with E-state index in [1.165, 1.54) is 11.1 Å². The number of nitrogens with one attached hydrogen (secondary N) is 1. The molecule has 0 saturated heterocycles. The molecular formula is C26H21N3O. The molecule has 0 saturated carbocycles. The fraction of sp³-hybridized carbons (Fsp3) is 0.0769. The average Bonchev–Trinajstić information content (AvgIpc) is 2.77. The summed E-state index contributed by atoms with van der Waals surface area (Å²) >= 11 is 0. The number of hydrogen-bond donors (Lipinski definition) is 1. The van der Waals surface area contributed by atoms with Gasteiger partial charge in [-0.2, -0.15) is 0 Å². The van der Waals surface area contributed by atoms with Crippen molar-refractivity contribution in [3.8, 4) is 11.5 Å².